The molecular formula is C19H21N3O3S. The average Bonchev–Trinajstić information content (AvgIpc) is 3.01. The second-order valence-electron chi connectivity index (χ2n) is 6.94. The maximum atomic E-state index is 12.2. The van der Waals surface area contributed by atoms with Crippen LogP contribution in [0.5, 0.6) is 5.75 Å². The van der Waals surface area contributed by atoms with Crippen molar-refractivity contribution in [1.29, 1.82) is 0 Å². The number of fused-ring (bicyclic) bond motifs is 2. The first-order valence-corrected chi connectivity index (χ1v) is 9.72. The summed E-state index contributed by atoms with van der Waals surface area (Å²) in [7, 11) is 0. The highest BCUT2D eigenvalue weighted by molar-refractivity contribution is 7.15. The number of thiazole rings is 1. The number of hydrogen-bond donors (Lipinski definition) is 2. The van der Waals surface area contributed by atoms with E-state index in [0.717, 1.165) is 36.2 Å². The van der Waals surface area contributed by atoms with Crippen LogP contribution in [0.15, 0.2) is 18.2 Å². The zero-order valence-electron chi connectivity index (χ0n) is 14.6. The Bertz CT molecular complexity index is 862. The molecule has 0 saturated carbocycles. The zero-order chi connectivity index (χ0) is 18.1. The number of carbonyl (C=O) groups excluding carboxylic acids is 2. The molecule has 1 aliphatic carbocycles. The molecule has 0 saturated heterocycles. The molecule has 0 fully saturated rings. The van der Waals surface area contributed by atoms with Gasteiger partial charge in [0.15, 0.2) is 11.7 Å². The molecule has 0 radical (unpaired) electrons. The summed E-state index contributed by atoms with van der Waals surface area (Å²) in [5.41, 5.74) is 2.98. The lowest BCUT2D eigenvalue weighted by atomic mass is 9.93. The summed E-state index contributed by atoms with van der Waals surface area (Å²) in [5, 5.41) is 6.33. The number of carbonyl (C=O) groups is 2. The Morgan fingerprint density at radius 3 is 3.15 bits per heavy atom. The number of anilines is 2. The van der Waals surface area contributed by atoms with E-state index in [2.05, 4.69) is 22.5 Å². The third kappa shape index (κ3) is 3.72. The van der Waals surface area contributed by atoms with Crippen LogP contribution in [-0.2, 0) is 28.9 Å². The van der Waals surface area contributed by atoms with E-state index in [1.54, 1.807) is 17.4 Å². The predicted octanol–water partition coefficient (Wildman–Crippen LogP) is 3.17. The third-order valence-electron chi connectivity index (χ3n) is 4.77. The standard InChI is InChI=1S/C19H21N3O3S/c1-11-2-5-15-16(8-11)26-19(21-15)22-18(24)10-25-13-4-6-14-12(9-13)3-7-17(23)20-14/h4,6,9,11H,2-3,5,7-8,10H2,1H3,(H,20,23)(H,21,22,24). The van der Waals surface area contributed by atoms with Crippen LogP contribution in [0.25, 0.3) is 0 Å². The molecule has 1 aromatic heterocycles. The number of aromatic nitrogens is 1. The van der Waals surface area contributed by atoms with E-state index in [1.807, 2.05) is 12.1 Å². The molecule has 1 aliphatic heterocycles. The van der Waals surface area contributed by atoms with Crippen molar-refractivity contribution in [3.63, 3.8) is 0 Å². The van der Waals surface area contributed by atoms with Crippen molar-refractivity contribution in [2.24, 2.45) is 5.92 Å². The van der Waals surface area contributed by atoms with E-state index >= 15 is 0 Å². The fraction of sp³-hybridized carbons (Fsp3) is 0.421. The molecule has 2 N–H and O–H groups in total. The summed E-state index contributed by atoms with van der Waals surface area (Å²) < 4.78 is 5.60. The molecule has 7 heteroatoms. The van der Waals surface area contributed by atoms with Gasteiger partial charge in [0.25, 0.3) is 5.91 Å². The number of benzene rings is 1. The highest BCUT2D eigenvalue weighted by Crippen LogP contribution is 2.32. The lowest BCUT2D eigenvalue weighted by molar-refractivity contribution is -0.118. The van der Waals surface area contributed by atoms with Crippen LogP contribution >= 0.6 is 11.3 Å². The minimum absolute atomic E-state index is 0.0334. The normalized spacial score (nSPS) is 18.5. The number of aryl methyl sites for hydroxylation is 2. The first kappa shape index (κ1) is 17.0. The van der Waals surface area contributed by atoms with Crippen molar-refractivity contribution < 1.29 is 14.3 Å². The van der Waals surface area contributed by atoms with E-state index in [4.69, 9.17) is 4.74 Å². The Balaban J connectivity index is 1.34. The van der Waals surface area contributed by atoms with Gasteiger partial charge in [-0.25, -0.2) is 4.98 Å². The van der Waals surface area contributed by atoms with Crippen LogP contribution in [0.1, 0.15) is 35.9 Å². The quantitative estimate of drug-likeness (QED) is 0.865. The second-order valence-corrected chi connectivity index (χ2v) is 8.02. The molecular weight excluding hydrogens is 350 g/mol. The van der Waals surface area contributed by atoms with Gasteiger partial charge < -0.3 is 10.1 Å². The molecule has 1 aromatic carbocycles. The van der Waals surface area contributed by atoms with Gasteiger partial charge in [-0.2, -0.15) is 0 Å². The summed E-state index contributed by atoms with van der Waals surface area (Å²) in [6.07, 6.45) is 4.36. The number of rotatable bonds is 4. The van der Waals surface area contributed by atoms with E-state index in [-0.39, 0.29) is 18.4 Å². The number of hydrogen-bond acceptors (Lipinski definition) is 5. The summed E-state index contributed by atoms with van der Waals surface area (Å²) >= 11 is 1.57. The number of amides is 2. The van der Waals surface area contributed by atoms with Crippen LogP contribution in [0.2, 0.25) is 0 Å². The van der Waals surface area contributed by atoms with Gasteiger partial charge in [-0.1, -0.05) is 6.92 Å². The van der Waals surface area contributed by atoms with E-state index in [9.17, 15) is 9.59 Å². The van der Waals surface area contributed by atoms with Crippen LogP contribution in [-0.4, -0.2) is 23.4 Å². The van der Waals surface area contributed by atoms with Crippen LogP contribution in [0.3, 0.4) is 0 Å². The maximum absolute atomic E-state index is 12.2. The predicted molar refractivity (Wildman–Crippen MR) is 101 cm³/mol. The summed E-state index contributed by atoms with van der Waals surface area (Å²) in [4.78, 5) is 29.4. The highest BCUT2D eigenvalue weighted by Gasteiger charge is 2.20. The first-order chi connectivity index (χ1) is 12.6. The van der Waals surface area contributed by atoms with Gasteiger partial charge in [-0.15, -0.1) is 11.3 Å². The molecule has 2 amide bonds. The Hall–Kier alpha value is -2.41. The summed E-state index contributed by atoms with van der Waals surface area (Å²) in [6.45, 7) is 2.19. The fourth-order valence-electron chi connectivity index (χ4n) is 3.35. The molecule has 0 spiro atoms. The Labute approximate surface area is 156 Å². The van der Waals surface area contributed by atoms with Crippen molar-refractivity contribution >= 4 is 34.0 Å². The van der Waals surface area contributed by atoms with Gasteiger partial charge in [0.05, 0.1) is 5.69 Å². The Morgan fingerprint density at radius 2 is 2.27 bits per heavy atom. The average molecular weight is 371 g/mol. The minimum atomic E-state index is -0.213. The van der Waals surface area contributed by atoms with Gasteiger partial charge >= 0.3 is 0 Å². The smallest absolute Gasteiger partial charge is 0.264 e. The molecule has 1 unspecified atom stereocenters. The van der Waals surface area contributed by atoms with Gasteiger partial charge in [0, 0.05) is 17.0 Å². The molecule has 2 aromatic rings. The number of ether oxygens (including phenoxy) is 1. The molecule has 4 rings (SSSR count). The SMILES string of the molecule is CC1CCc2nc(NC(=O)COc3ccc4c(c3)CCC(=O)N4)sc2C1. The van der Waals surface area contributed by atoms with Crippen LogP contribution < -0.4 is 15.4 Å². The lowest BCUT2D eigenvalue weighted by Gasteiger charge is -2.17. The topological polar surface area (TPSA) is 80.3 Å². The van der Waals surface area contributed by atoms with Gasteiger partial charge in [0.2, 0.25) is 5.91 Å². The Morgan fingerprint density at radius 1 is 1.38 bits per heavy atom. The van der Waals surface area contributed by atoms with Gasteiger partial charge in [-0.05, 0) is 55.4 Å². The van der Waals surface area contributed by atoms with E-state index in [1.165, 1.54) is 4.88 Å². The molecule has 0 bridgehead atoms. The van der Waals surface area contributed by atoms with Gasteiger partial charge in [0.1, 0.15) is 5.75 Å². The van der Waals surface area contributed by atoms with Crippen molar-refractivity contribution in [1.82, 2.24) is 4.98 Å². The molecule has 1 atom stereocenters. The van der Waals surface area contributed by atoms with Crippen molar-refractivity contribution in [3.05, 3.63) is 34.3 Å². The first-order valence-electron chi connectivity index (χ1n) is 8.91. The molecule has 2 heterocycles. The maximum Gasteiger partial charge on any atom is 0.264 e. The largest absolute Gasteiger partial charge is 0.484 e. The van der Waals surface area contributed by atoms with Crippen molar-refractivity contribution in [2.45, 2.75) is 39.0 Å². The number of nitrogens with one attached hydrogen (secondary N) is 2. The molecule has 136 valence electrons. The monoisotopic (exact) mass is 371 g/mol. The minimum Gasteiger partial charge on any atom is -0.484 e. The third-order valence-corrected chi connectivity index (χ3v) is 5.81. The second kappa shape index (κ2) is 7.07. The molecule has 2 aliphatic rings. The van der Waals surface area contributed by atoms with E-state index < -0.39 is 0 Å². The molecule has 6 nitrogen and oxygen atoms in total. The highest BCUT2D eigenvalue weighted by atomic mass is 32.1. The number of nitrogens with zero attached hydrogens (tertiary/aromatic N) is 1. The Kier molecular flexibility index (Phi) is 4.63. The zero-order valence-corrected chi connectivity index (χ0v) is 15.4. The van der Waals surface area contributed by atoms with Crippen molar-refractivity contribution in [3.8, 4) is 5.75 Å². The van der Waals surface area contributed by atoms with Gasteiger partial charge in [-0.3, -0.25) is 14.9 Å². The summed E-state index contributed by atoms with van der Waals surface area (Å²) in [5.74, 6) is 1.13. The van der Waals surface area contributed by atoms with E-state index in [0.29, 0.717) is 29.6 Å². The van der Waals surface area contributed by atoms with Crippen LogP contribution in [0.4, 0.5) is 10.8 Å². The van der Waals surface area contributed by atoms with Crippen molar-refractivity contribution in [2.75, 3.05) is 17.2 Å². The fourth-order valence-corrected chi connectivity index (χ4v) is 4.53. The lowest BCUT2D eigenvalue weighted by Crippen LogP contribution is -2.21. The summed E-state index contributed by atoms with van der Waals surface area (Å²) in [6, 6.07) is 5.46. The molecule has 26 heavy (non-hydrogen) atoms. The van der Waals surface area contributed by atoms with Crippen LogP contribution in [0, 0.1) is 5.92 Å².